The number of aliphatic imine (C=N–C) groups is 1. The summed E-state index contributed by atoms with van der Waals surface area (Å²) in [6.45, 7) is 10.8. The zero-order valence-corrected chi connectivity index (χ0v) is 20.8. The minimum atomic E-state index is -0.156. The van der Waals surface area contributed by atoms with Crippen molar-refractivity contribution in [3.63, 3.8) is 0 Å². The Bertz CT molecular complexity index is 1390. The van der Waals surface area contributed by atoms with Gasteiger partial charge in [-0.2, -0.15) is 0 Å². The summed E-state index contributed by atoms with van der Waals surface area (Å²) in [5.41, 5.74) is 9.22. The second-order valence-electron chi connectivity index (χ2n) is 10.8. The second kappa shape index (κ2) is 7.48. The summed E-state index contributed by atoms with van der Waals surface area (Å²) in [6, 6.07) is 25.0. The van der Waals surface area contributed by atoms with Gasteiger partial charge in [0.15, 0.2) is 0 Å². The molecule has 0 fully saturated rings. The van der Waals surface area contributed by atoms with E-state index in [0.29, 0.717) is 5.92 Å². The van der Waals surface area contributed by atoms with Crippen LogP contribution < -0.4 is 14.7 Å². The van der Waals surface area contributed by atoms with Gasteiger partial charge in [-0.1, -0.05) is 68.5 Å². The van der Waals surface area contributed by atoms with Crippen molar-refractivity contribution in [2.45, 2.75) is 32.2 Å². The van der Waals surface area contributed by atoms with Gasteiger partial charge in [0.05, 0.1) is 24.0 Å². The Kier molecular flexibility index (Phi) is 4.45. The topological polar surface area (TPSA) is 22.1 Å². The number of hydrogen-bond acceptors (Lipinski definition) is 4. The van der Waals surface area contributed by atoms with E-state index in [1.165, 1.54) is 45.2 Å². The Balaban J connectivity index is 1.51. The molecule has 0 N–H and O–H groups in total. The van der Waals surface area contributed by atoms with E-state index in [0.717, 1.165) is 26.2 Å². The van der Waals surface area contributed by atoms with Crippen molar-refractivity contribution >= 4 is 22.9 Å². The van der Waals surface area contributed by atoms with Crippen molar-refractivity contribution in [3.8, 4) is 11.1 Å². The Morgan fingerprint density at radius 3 is 2.49 bits per heavy atom. The fourth-order valence-electron chi connectivity index (χ4n) is 6.91. The maximum atomic E-state index is 5.10. The molecule has 4 aliphatic heterocycles. The smallest absolute Gasteiger partial charge is 0.127 e. The van der Waals surface area contributed by atoms with Crippen molar-refractivity contribution < 1.29 is 0 Å². The molecule has 0 amide bonds. The number of anilines is 3. The molecule has 0 aliphatic carbocycles. The average Bonchev–Trinajstić information content (AvgIpc) is 3.37. The highest BCUT2D eigenvalue weighted by Crippen LogP contribution is 2.46. The summed E-state index contributed by atoms with van der Waals surface area (Å²) >= 11 is 0. The van der Waals surface area contributed by atoms with Crippen LogP contribution in [0.3, 0.4) is 0 Å². The monoisotopic (exact) mass is 460 g/mol. The van der Waals surface area contributed by atoms with Crippen LogP contribution in [0.2, 0.25) is 0 Å². The quantitative estimate of drug-likeness (QED) is 0.410. The summed E-state index contributed by atoms with van der Waals surface area (Å²) in [4.78, 5) is 12.8. The third kappa shape index (κ3) is 2.95. The molecule has 3 aromatic carbocycles. The summed E-state index contributed by atoms with van der Waals surface area (Å²) in [5, 5.41) is 0. The first-order valence-electron chi connectivity index (χ1n) is 12.9. The maximum Gasteiger partial charge on any atom is 0.127 e. The van der Waals surface area contributed by atoms with Gasteiger partial charge < -0.3 is 14.7 Å². The second-order valence-corrected chi connectivity index (χ2v) is 10.8. The van der Waals surface area contributed by atoms with Gasteiger partial charge in [-0.25, -0.2) is 0 Å². The van der Waals surface area contributed by atoms with E-state index in [-0.39, 0.29) is 11.5 Å². The van der Waals surface area contributed by atoms with E-state index < -0.39 is 0 Å². The number of nitrogens with zero attached hydrogens (tertiary/aromatic N) is 4. The average molecular weight is 461 g/mol. The van der Waals surface area contributed by atoms with Crippen molar-refractivity contribution in [3.05, 3.63) is 90.1 Å². The molecule has 176 valence electrons. The number of fused-ring (bicyclic) bond motifs is 14. The van der Waals surface area contributed by atoms with Crippen LogP contribution in [0, 0.1) is 12.8 Å². The van der Waals surface area contributed by atoms with Crippen LogP contribution in [0.1, 0.15) is 25.0 Å². The molecule has 0 saturated heterocycles. The number of amidine groups is 1. The molecule has 0 saturated carbocycles. The summed E-state index contributed by atoms with van der Waals surface area (Å²) < 4.78 is 0. The van der Waals surface area contributed by atoms with Crippen LogP contribution >= 0.6 is 0 Å². The number of hydrogen-bond donors (Lipinski definition) is 0. The fourth-order valence-corrected chi connectivity index (χ4v) is 6.91. The minimum Gasteiger partial charge on any atom is -0.358 e. The first-order chi connectivity index (χ1) is 17.0. The van der Waals surface area contributed by atoms with Crippen LogP contribution in [0.4, 0.5) is 17.1 Å². The molecule has 4 nitrogen and oxygen atoms in total. The van der Waals surface area contributed by atoms with Crippen molar-refractivity contribution in [2.75, 3.05) is 40.9 Å². The molecular weight excluding hydrogens is 428 g/mol. The molecule has 4 aliphatic rings. The van der Waals surface area contributed by atoms with Gasteiger partial charge in [0.1, 0.15) is 5.84 Å². The third-order valence-electron chi connectivity index (χ3n) is 8.55. The van der Waals surface area contributed by atoms with Crippen molar-refractivity contribution in [1.29, 1.82) is 0 Å². The molecule has 3 atom stereocenters. The normalized spacial score (nSPS) is 26.3. The number of benzene rings is 3. The molecule has 4 bridgehead atoms. The molecule has 7 rings (SSSR count). The van der Waals surface area contributed by atoms with Crippen LogP contribution in [-0.4, -0.2) is 38.1 Å². The zero-order valence-electron chi connectivity index (χ0n) is 20.8. The van der Waals surface area contributed by atoms with E-state index >= 15 is 0 Å². The highest BCUT2D eigenvalue weighted by molar-refractivity contribution is 6.10. The zero-order chi connectivity index (χ0) is 23.7. The van der Waals surface area contributed by atoms with Gasteiger partial charge in [0.2, 0.25) is 0 Å². The highest BCUT2D eigenvalue weighted by atomic mass is 15.4. The SMILES string of the molecule is Cc1c2cccc1C1(C)C=CN(CC(C)C3C4=NCCN4c4ccccc4N3C1)c1ccccc1-2. The lowest BCUT2D eigenvalue weighted by molar-refractivity contribution is 0.471. The number of para-hydroxylation sites is 3. The van der Waals surface area contributed by atoms with Gasteiger partial charge in [0.25, 0.3) is 0 Å². The van der Waals surface area contributed by atoms with Crippen LogP contribution in [-0.2, 0) is 5.41 Å². The molecule has 0 aromatic heterocycles. The van der Waals surface area contributed by atoms with E-state index in [4.69, 9.17) is 4.99 Å². The Labute approximate surface area is 208 Å². The van der Waals surface area contributed by atoms with Gasteiger partial charge in [-0.3, -0.25) is 4.99 Å². The van der Waals surface area contributed by atoms with Gasteiger partial charge in [-0.15, -0.1) is 0 Å². The molecule has 0 radical (unpaired) electrons. The summed E-state index contributed by atoms with van der Waals surface area (Å²) in [5.74, 6) is 1.64. The van der Waals surface area contributed by atoms with Crippen LogP contribution in [0.25, 0.3) is 11.1 Å². The Hall–Kier alpha value is -3.53. The van der Waals surface area contributed by atoms with Crippen LogP contribution in [0.5, 0.6) is 0 Å². The van der Waals surface area contributed by atoms with E-state index in [2.05, 4.69) is 114 Å². The lowest BCUT2D eigenvalue weighted by Gasteiger charge is -2.48. The summed E-state index contributed by atoms with van der Waals surface area (Å²) in [6.07, 6.45) is 4.82. The molecule has 3 aromatic rings. The summed E-state index contributed by atoms with van der Waals surface area (Å²) in [7, 11) is 0. The van der Waals surface area contributed by atoms with Crippen molar-refractivity contribution in [2.24, 2.45) is 10.9 Å². The first-order valence-corrected chi connectivity index (χ1v) is 12.9. The van der Waals surface area contributed by atoms with Gasteiger partial charge >= 0.3 is 0 Å². The molecule has 4 heteroatoms. The van der Waals surface area contributed by atoms with E-state index in [1.807, 2.05) is 0 Å². The maximum absolute atomic E-state index is 5.10. The number of rotatable bonds is 0. The third-order valence-corrected chi connectivity index (χ3v) is 8.55. The predicted molar refractivity (Wildman–Crippen MR) is 147 cm³/mol. The van der Waals surface area contributed by atoms with Gasteiger partial charge in [-0.05, 0) is 41.8 Å². The van der Waals surface area contributed by atoms with Crippen molar-refractivity contribution in [1.82, 2.24) is 0 Å². The fraction of sp³-hybridized carbons (Fsp3) is 0.323. The molecule has 0 spiro atoms. The van der Waals surface area contributed by atoms with Crippen LogP contribution in [0.15, 0.2) is 84.0 Å². The molecule has 3 unspecified atom stereocenters. The molecule has 35 heavy (non-hydrogen) atoms. The van der Waals surface area contributed by atoms with E-state index in [1.54, 1.807) is 0 Å². The Morgan fingerprint density at radius 1 is 0.886 bits per heavy atom. The largest absolute Gasteiger partial charge is 0.358 e. The lowest BCUT2D eigenvalue weighted by atomic mass is 9.77. The van der Waals surface area contributed by atoms with Gasteiger partial charge in [0, 0.05) is 48.4 Å². The lowest BCUT2D eigenvalue weighted by Crippen LogP contribution is -2.58. The molecular formula is C31H32N4. The predicted octanol–water partition coefficient (Wildman–Crippen LogP) is 6.01. The standard InChI is InChI=1S/C31H32N4/c1-21-19-33-17-15-31(3,25-11-8-10-23(22(25)2)24-9-4-5-12-26(24)33)20-35-28-14-7-6-13-27(28)34-18-16-32-30(34)29(21)35/h4-15,17,21,29H,16,18-20H2,1-3H3. The van der Waals surface area contributed by atoms with E-state index in [9.17, 15) is 0 Å². The first kappa shape index (κ1) is 20.8. The Morgan fingerprint density at radius 2 is 1.63 bits per heavy atom. The minimum absolute atomic E-state index is 0.156. The molecule has 4 heterocycles. The highest BCUT2D eigenvalue weighted by Gasteiger charge is 2.45.